The van der Waals surface area contributed by atoms with Crippen LogP contribution < -0.4 is 5.32 Å². The number of nitrogens with one attached hydrogen (secondary N) is 1. The van der Waals surface area contributed by atoms with E-state index in [0.29, 0.717) is 25.0 Å². The van der Waals surface area contributed by atoms with Gasteiger partial charge in [0.25, 0.3) is 0 Å². The van der Waals surface area contributed by atoms with Gasteiger partial charge in [0.1, 0.15) is 0 Å². The molecule has 4 nitrogen and oxygen atoms in total. The third kappa shape index (κ3) is 3.22. The molecule has 0 saturated carbocycles. The summed E-state index contributed by atoms with van der Waals surface area (Å²) in [4.78, 5) is 12.1. The van der Waals surface area contributed by atoms with E-state index in [0.717, 1.165) is 13.0 Å². The second-order valence-electron chi connectivity index (χ2n) is 3.95. The summed E-state index contributed by atoms with van der Waals surface area (Å²) in [6.45, 7) is 6.52. The lowest BCUT2D eigenvalue weighted by atomic mass is 10.1. The standard InChI is InChI=1S/C9H18N2O2/c1-7(2)10-5-8-3-4-11(6-8)9(12)13/h7-8,10H,3-6H2,1-2H3,(H,12,13)/t8-/m0/s1. The molecule has 0 aromatic heterocycles. The molecule has 0 aromatic carbocycles. The maximum Gasteiger partial charge on any atom is 0.407 e. The van der Waals surface area contributed by atoms with Gasteiger partial charge in [-0.3, -0.25) is 0 Å². The zero-order valence-electron chi connectivity index (χ0n) is 8.29. The minimum Gasteiger partial charge on any atom is -0.465 e. The van der Waals surface area contributed by atoms with Crippen molar-refractivity contribution in [3.05, 3.63) is 0 Å². The van der Waals surface area contributed by atoms with Crippen LogP contribution in [0.5, 0.6) is 0 Å². The maximum absolute atomic E-state index is 10.6. The summed E-state index contributed by atoms with van der Waals surface area (Å²) in [5.41, 5.74) is 0. The van der Waals surface area contributed by atoms with E-state index in [2.05, 4.69) is 19.2 Å². The van der Waals surface area contributed by atoms with Crippen molar-refractivity contribution in [1.82, 2.24) is 10.2 Å². The Morgan fingerprint density at radius 3 is 2.85 bits per heavy atom. The fourth-order valence-corrected chi connectivity index (χ4v) is 1.58. The first-order valence-corrected chi connectivity index (χ1v) is 4.81. The predicted molar refractivity (Wildman–Crippen MR) is 50.8 cm³/mol. The Labute approximate surface area is 78.9 Å². The number of rotatable bonds is 3. The second kappa shape index (κ2) is 4.46. The molecule has 0 radical (unpaired) electrons. The molecule has 1 amide bonds. The van der Waals surface area contributed by atoms with Crippen molar-refractivity contribution >= 4 is 6.09 Å². The van der Waals surface area contributed by atoms with Crippen molar-refractivity contribution in [3.63, 3.8) is 0 Å². The van der Waals surface area contributed by atoms with Crippen LogP contribution in [0.3, 0.4) is 0 Å². The van der Waals surface area contributed by atoms with Gasteiger partial charge in [-0.25, -0.2) is 4.79 Å². The number of likely N-dealkylation sites (tertiary alicyclic amines) is 1. The van der Waals surface area contributed by atoms with Crippen LogP contribution in [0.2, 0.25) is 0 Å². The van der Waals surface area contributed by atoms with Crippen molar-refractivity contribution < 1.29 is 9.90 Å². The molecule has 76 valence electrons. The van der Waals surface area contributed by atoms with E-state index in [-0.39, 0.29) is 0 Å². The molecule has 0 aromatic rings. The highest BCUT2D eigenvalue weighted by molar-refractivity contribution is 5.65. The number of amides is 1. The van der Waals surface area contributed by atoms with Gasteiger partial charge in [-0.1, -0.05) is 13.8 Å². The summed E-state index contributed by atoms with van der Waals surface area (Å²) in [6.07, 6.45) is 0.207. The molecule has 0 aliphatic carbocycles. The molecule has 13 heavy (non-hydrogen) atoms. The first-order chi connectivity index (χ1) is 6.09. The predicted octanol–water partition coefficient (Wildman–Crippen LogP) is 0.984. The highest BCUT2D eigenvalue weighted by Crippen LogP contribution is 2.15. The van der Waals surface area contributed by atoms with Crippen molar-refractivity contribution in [3.8, 4) is 0 Å². The Kier molecular flexibility index (Phi) is 3.54. The fourth-order valence-electron chi connectivity index (χ4n) is 1.58. The smallest absolute Gasteiger partial charge is 0.407 e. The summed E-state index contributed by atoms with van der Waals surface area (Å²) in [6, 6.07) is 0.485. The van der Waals surface area contributed by atoms with Crippen LogP contribution >= 0.6 is 0 Å². The van der Waals surface area contributed by atoms with Crippen LogP contribution in [0, 0.1) is 5.92 Å². The quantitative estimate of drug-likeness (QED) is 0.691. The van der Waals surface area contributed by atoms with Crippen LogP contribution in [0.25, 0.3) is 0 Å². The van der Waals surface area contributed by atoms with E-state index in [1.165, 1.54) is 4.90 Å². The Morgan fingerprint density at radius 2 is 2.38 bits per heavy atom. The first kappa shape index (κ1) is 10.3. The number of carbonyl (C=O) groups is 1. The molecule has 1 fully saturated rings. The average Bonchev–Trinajstić information content (AvgIpc) is 2.48. The van der Waals surface area contributed by atoms with Gasteiger partial charge in [0.15, 0.2) is 0 Å². The van der Waals surface area contributed by atoms with Crippen LogP contribution in [0.4, 0.5) is 4.79 Å². The largest absolute Gasteiger partial charge is 0.465 e. The molecular formula is C9H18N2O2. The molecule has 1 rings (SSSR count). The Balaban J connectivity index is 2.21. The maximum atomic E-state index is 10.6. The van der Waals surface area contributed by atoms with Gasteiger partial charge < -0.3 is 15.3 Å². The Bertz CT molecular complexity index is 182. The molecule has 1 saturated heterocycles. The number of hydrogen-bond donors (Lipinski definition) is 2. The second-order valence-corrected chi connectivity index (χ2v) is 3.95. The van der Waals surface area contributed by atoms with Crippen molar-refractivity contribution in [2.45, 2.75) is 26.3 Å². The minimum absolute atomic E-state index is 0.485. The number of carboxylic acid groups (broad SMARTS) is 1. The third-order valence-electron chi connectivity index (χ3n) is 2.37. The van der Waals surface area contributed by atoms with E-state index in [4.69, 9.17) is 5.11 Å². The summed E-state index contributed by atoms with van der Waals surface area (Å²) in [5, 5.41) is 12.0. The van der Waals surface area contributed by atoms with E-state index < -0.39 is 6.09 Å². The molecular weight excluding hydrogens is 168 g/mol. The van der Waals surface area contributed by atoms with Gasteiger partial charge in [-0.05, 0) is 18.9 Å². The van der Waals surface area contributed by atoms with Crippen LogP contribution in [0.15, 0.2) is 0 Å². The molecule has 4 heteroatoms. The van der Waals surface area contributed by atoms with Crippen LogP contribution in [-0.4, -0.2) is 41.8 Å². The SMILES string of the molecule is CC(C)NC[C@@H]1CCN(C(=O)O)C1. The van der Waals surface area contributed by atoms with Gasteiger partial charge >= 0.3 is 6.09 Å². The van der Waals surface area contributed by atoms with E-state index in [9.17, 15) is 4.79 Å². The van der Waals surface area contributed by atoms with Crippen molar-refractivity contribution in [2.24, 2.45) is 5.92 Å². The lowest BCUT2D eigenvalue weighted by Crippen LogP contribution is -2.32. The van der Waals surface area contributed by atoms with Gasteiger partial charge in [0, 0.05) is 19.1 Å². The number of nitrogens with zero attached hydrogens (tertiary/aromatic N) is 1. The van der Waals surface area contributed by atoms with Gasteiger partial charge in [0.2, 0.25) is 0 Å². The molecule has 0 unspecified atom stereocenters. The Morgan fingerprint density at radius 1 is 1.69 bits per heavy atom. The van der Waals surface area contributed by atoms with Crippen molar-refractivity contribution in [1.29, 1.82) is 0 Å². The van der Waals surface area contributed by atoms with Crippen molar-refractivity contribution in [2.75, 3.05) is 19.6 Å². The molecule has 0 bridgehead atoms. The normalized spacial score (nSPS) is 22.7. The zero-order chi connectivity index (χ0) is 9.84. The summed E-state index contributed by atoms with van der Waals surface area (Å²) in [5.74, 6) is 0.499. The first-order valence-electron chi connectivity index (χ1n) is 4.81. The third-order valence-corrected chi connectivity index (χ3v) is 2.37. The fraction of sp³-hybridized carbons (Fsp3) is 0.889. The number of hydrogen-bond acceptors (Lipinski definition) is 2. The summed E-state index contributed by atoms with van der Waals surface area (Å²) < 4.78 is 0. The highest BCUT2D eigenvalue weighted by atomic mass is 16.4. The lowest BCUT2D eigenvalue weighted by molar-refractivity contribution is 0.154. The monoisotopic (exact) mass is 186 g/mol. The molecule has 0 spiro atoms. The topological polar surface area (TPSA) is 52.6 Å². The van der Waals surface area contributed by atoms with Crippen LogP contribution in [0.1, 0.15) is 20.3 Å². The minimum atomic E-state index is -0.785. The average molecular weight is 186 g/mol. The Hall–Kier alpha value is -0.770. The highest BCUT2D eigenvalue weighted by Gasteiger charge is 2.25. The van der Waals surface area contributed by atoms with Gasteiger partial charge in [0.05, 0.1) is 0 Å². The van der Waals surface area contributed by atoms with E-state index in [1.54, 1.807) is 0 Å². The molecule has 1 aliphatic rings. The van der Waals surface area contributed by atoms with E-state index >= 15 is 0 Å². The lowest BCUT2D eigenvalue weighted by Gasteiger charge is -2.14. The van der Waals surface area contributed by atoms with Crippen LogP contribution in [-0.2, 0) is 0 Å². The molecule has 1 heterocycles. The summed E-state index contributed by atoms with van der Waals surface area (Å²) in [7, 11) is 0. The summed E-state index contributed by atoms with van der Waals surface area (Å²) >= 11 is 0. The molecule has 1 aliphatic heterocycles. The van der Waals surface area contributed by atoms with Gasteiger partial charge in [-0.15, -0.1) is 0 Å². The van der Waals surface area contributed by atoms with E-state index in [1.807, 2.05) is 0 Å². The molecule has 2 N–H and O–H groups in total. The zero-order valence-corrected chi connectivity index (χ0v) is 8.29. The molecule has 1 atom stereocenters. The van der Waals surface area contributed by atoms with Gasteiger partial charge in [-0.2, -0.15) is 0 Å².